The van der Waals surface area contributed by atoms with Crippen LogP contribution in [-0.4, -0.2) is 28.8 Å². The molecule has 1 atom stereocenters. The molecule has 2 rings (SSSR count). The number of carbonyl (C=O) groups excluding carboxylic acids is 1. The highest BCUT2D eigenvalue weighted by Gasteiger charge is 2.38. The molecule has 1 aliphatic rings. The summed E-state index contributed by atoms with van der Waals surface area (Å²) in [6.45, 7) is 3.69. The Morgan fingerprint density at radius 3 is 2.81 bits per heavy atom. The second-order valence-electron chi connectivity index (χ2n) is 5.64. The molecule has 8 heteroatoms. The number of hydrogen-bond donors (Lipinski definition) is 3. The van der Waals surface area contributed by atoms with Gasteiger partial charge >= 0.3 is 0 Å². The van der Waals surface area contributed by atoms with Crippen molar-refractivity contribution in [3.8, 4) is 0 Å². The average molecular weight is 293 g/mol. The van der Waals surface area contributed by atoms with E-state index in [1.54, 1.807) is 12.1 Å². The largest absolute Gasteiger partial charge is 0.369 e. The number of carbonyl (C=O) groups is 1. The van der Waals surface area contributed by atoms with E-state index >= 15 is 0 Å². The van der Waals surface area contributed by atoms with Crippen LogP contribution in [0.2, 0.25) is 0 Å². The van der Waals surface area contributed by atoms with Gasteiger partial charge in [-0.05, 0) is 31.5 Å². The SMILES string of the molecule is CC1(C(N)=O)CCN(Cc2ccc(NN)c([N+](=O)[O-])c2)C1. The van der Waals surface area contributed by atoms with Gasteiger partial charge < -0.3 is 11.2 Å². The molecule has 0 spiro atoms. The van der Waals surface area contributed by atoms with Gasteiger partial charge in [-0.15, -0.1) is 0 Å². The summed E-state index contributed by atoms with van der Waals surface area (Å²) in [5.74, 6) is 4.95. The topological polar surface area (TPSA) is 128 Å². The number of nitrogens with zero attached hydrogens (tertiary/aromatic N) is 2. The summed E-state index contributed by atoms with van der Waals surface area (Å²) in [7, 11) is 0. The Hall–Kier alpha value is -2.19. The van der Waals surface area contributed by atoms with Crippen molar-refractivity contribution in [2.45, 2.75) is 19.9 Å². The van der Waals surface area contributed by atoms with E-state index in [9.17, 15) is 14.9 Å². The maximum Gasteiger partial charge on any atom is 0.293 e. The predicted octanol–water partition coefficient (Wildman–Crippen LogP) is 0.578. The molecule has 1 fully saturated rings. The summed E-state index contributed by atoms with van der Waals surface area (Å²) >= 11 is 0. The molecule has 0 saturated carbocycles. The minimum absolute atomic E-state index is 0.0631. The lowest BCUT2D eigenvalue weighted by molar-refractivity contribution is -0.384. The maximum atomic E-state index is 11.4. The predicted molar refractivity (Wildman–Crippen MR) is 78.1 cm³/mol. The van der Waals surface area contributed by atoms with Crippen LogP contribution in [0.5, 0.6) is 0 Å². The third-order valence-corrected chi connectivity index (χ3v) is 3.97. The van der Waals surface area contributed by atoms with E-state index in [2.05, 4.69) is 10.3 Å². The Morgan fingerprint density at radius 1 is 1.57 bits per heavy atom. The lowest BCUT2D eigenvalue weighted by Crippen LogP contribution is -2.36. The van der Waals surface area contributed by atoms with Crippen molar-refractivity contribution in [3.05, 3.63) is 33.9 Å². The number of anilines is 1. The number of likely N-dealkylation sites (tertiary alicyclic amines) is 1. The van der Waals surface area contributed by atoms with E-state index in [0.29, 0.717) is 19.5 Å². The van der Waals surface area contributed by atoms with Gasteiger partial charge in [0.15, 0.2) is 0 Å². The Bertz CT molecular complexity index is 577. The number of hydrazine groups is 1. The molecule has 1 heterocycles. The highest BCUT2D eigenvalue weighted by molar-refractivity contribution is 5.81. The molecule has 1 aromatic carbocycles. The molecule has 1 aromatic rings. The summed E-state index contributed by atoms with van der Waals surface area (Å²) in [6, 6.07) is 4.86. The first-order chi connectivity index (χ1) is 9.85. The van der Waals surface area contributed by atoms with Gasteiger partial charge in [0.1, 0.15) is 5.69 Å². The second-order valence-corrected chi connectivity index (χ2v) is 5.64. The minimum atomic E-state index is -0.523. The van der Waals surface area contributed by atoms with Crippen LogP contribution < -0.4 is 17.0 Å². The zero-order valence-corrected chi connectivity index (χ0v) is 11.8. The molecule has 5 N–H and O–H groups in total. The number of nitro benzene ring substituents is 1. The summed E-state index contributed by atoms with van der Waals surface area (Å²) in [5, 5.41) is 11.0. The van der Waals surface area contributed by atoms with Crippen LogP contribution in [0.25, 0.3) is 0 Å². The maximum absolute atomic E-state index is 11.4. The first-order valence-electron chi connectivity index (χ1n) is 6.62. The van der Waals surface area contributed by atoms with Gasteiger partial charge in [-0.3, -0.25) is 25.7 Å². The van der Waals surface area contributed by atoms with Crippen LogP contribution in [-0.2, 0) is 11.3 Å². The molecule has 0 aliphatic carbocycles. The first-order valence-corrected chi connectivity index (χ1v) is 6.62. The minimum Gasteiger partial charge on any atom is -0.369 e. The zero-order chi connectivity index (χ0) is 15.6. The van der Waals surface area contributed by atoms with Crippen LogP contribution in [0, 0.1) is 15.5 Å². The van der Waals surface area contributed by atoms with Crippen LogP contribution in [0.1, 0.15) is 18.9 Å². The molecule has 1 aliphatic heterocycles. The fourth-order valence-corrected chi connectivity index (χ4v) is 2.60. The number of amides is 1. The molecule has 21 heavy (non-hydrogen) atoms. The van der Waals surface area contributed by atoms with E-state index in [1.807, 2.05) is 6.92 Å². The summed E-state index contributed by atoms with van der Waals surface area (Å²) in [6.07, 6.45) is 0.701. The quantitative estimate of drug-likeness (QED) is 0.414. The standard InChI is InChI=1S/C13H19N5O3/c1-13(12(14)19)4-5-17(8-13)7-9-2-3-10(16-15)11(6-9)18(20)21/h2-3,6,16H,4-5,7-8,15H2,1H3,(H2,14,19). The Labute approximate surface area is 122 Å². The lowest BCUT2D eigenvalue weighted by Gasteiger charge is -2.21. The zero-order valence-electron chi connectivity index (χ0n) is 11.8. The molecule has 1 unspecified atom stereocenters. The average Bonchev–Trinajstić information content (AvgIpc) is 2.81. The molecule has 114 valence electrons. The number of nitrogens with two attached hydrogens (primary N) is 2. The highest BCUT2D eigenvalue weighted by Crippen LogP contribution is 2.31. The first kappa shape index (κ1) is 15.2. The van der Waals surface area contributed by atoms with Crippen molar-refractivity contribution in [2.75, 3.05) is 18.5 Å². The number of benzene rings is 1. The van der Waals surface area contributed by atoms with E-state index in [1.165, 1.54) is 6.07 Å². The number of primary amides is 1. The van der Waals surface area contributed by atoms with E-state index < -0.39 is 10.3 Å². The summed E-state index contributed by atoms with van der Waals surface area (Å²) < 4.78 is 0. The van der Waals surface area contributed by atoms with E-state index in [-0.39, 0.29) is 17.3 Å². The van der Waals surface area contributed by atoms with Crippen molar-refractivity contribution in [1.29, 1.82) is 0 Å². The molecular weight excluding hydrogens is 274 g/mol. The summed E-state index contributed by atoms with van der Waals surface area (Å²) in [4.78, 5) is 24.0. The smallest absolute Gasteiger partial charge is 0.293 e. The molecule has 0 radical (unpaired) electrons. The number of hydrogen-bond acceptors (Lipinski definition) is 6. The van der Waals surface area contributed by atoms with Crippen molar-refractivity contribution in [1.82, 2.24) is 4.90 Å². The molecule has 1 amide bonds. The lowest BCUT2D eigenvalue weighted by atomic mass is 9.89. The van der Waals surface area contributed by atoms with Crippen molar-refractivity contribution in [3.63, 3.8) is 0 Å². The Kier molecular flexibility index (Phi) is 4.10. The van der Waals surface area contributed by atoms with Gasteiger partial charge in [-0.1, -0.05) is 6.07 Å². The van der Waals surface area contributed by atoms with Crippen LogP contribution in [0.3, 0.4) is 0 Å². The second kappa shape index (κ2) is 5.66. The van der Waals surface area contributed by atoms with Gasteiger partial charge in [0.05, 0.1) is 10.3 Å². The molecule has 8 nitrogen and oxygen atoms in total. The van der Waals surface area contributed by atoms with Gasteiger partial charge in [0.25, 0.3) is 5.69 Å². The normalized spacial score (nSPS) is 22.2. The fraction of sp³-hybridized carbons (Fsp3) is 0.462. The van der Waals surface area contributed by atoms with Gasteiger partial charge in [-0.2, -0.15) is 0 Å². The Balaban J connectivity index is 2.13. The van der Waals surface area contributed by atoms with Gasteiger partial charge in [0, 0.05) is 19.2 Å². The summed E-state index contributed by atoms with van der Waals surface area (Å²) in [5.41, 5.74) is 8.21. The van der Waals surface area contributed by atoms with Gasteiger partial charge in [0.2, 0.25) is 5.91 Å². The monoisotopic (exact) mass is 293 g/mol. The number of nitro groups is 1. The molecule has 0 bridgehead atoms. The third kappa shape index (κ3) is 3.11. The van der Waals surface area contributed by atoms with Crippen LogP contribution in [0.4, 0.5) is 11.4 Å². The number of nitrogen functional groups attached to an aromatic ring is 1. The molecule has 1 saturated heterocycles. The molecular formula is C13H19N5O3. The van der Waals surface area contributed by atoms with Crippen LogP contribution >= 0.6 is 0 Å². The Morgan fingerprint density at radius 2 is 2.29 bits per heavy atom. The van der Waals surface area contributed by atoms with E-state index in [4.69, 9.17) is 11.6 Å². The van der Waals surface area contributed by atoms with E-state index in [0.717, 1.165) is 12.1 Å². The third-order valence-electron chi connectivity index (χ3n) is 3.97. The molecule has 0 aromatic heterocycles. The van der Waals surface area contributed by atoms with Crippen LogP contribution in [0.15, 0.2) is 18.2 Å². The highest BCUT2D eigenvalue weighted by atomic mass is 16.6. The van der Waals surface area contributed by atoms with Crippen molar-refractivity contribution < 1.29 is 9.72 Å². The number of nitrogens with one attached hydrogen (secondary N) is 1. The van der Waals surface area contributed by atoms with Gasteiger partial charge in [-0.25, -0.2) is 0 Å². The fourth-order valence-electron chi connectivity index (χ4n) is 2.60. The van der Waals surface area contributed by atoms with Crippen molar-refractivity contribution in [2.24, 2.45) is 17.0 Å². The number of rotatable bonds is 5. The van der Waals surface area contributed by atoms with Crippen molar-refractivity contribution >= 4 is 17.3 Å².